The standard InChI is InChI=1S/C12H18O5S/c1-15-7-8-16-9-10-17-11-3-5-12(6-4-11)18(2,13)14/h3-6H,7-10H2,1-2H3. The van der Waals surface area contributed by atoms with Gasteiger partial charge in [0.2, 0.25) is 0 Å². The highest BCUT2D eigenvalue weighted by molar-refractivity contribution is 7.90. The van der Waals surface area contributed by atoms with E-state index in [2.05, 4.69) is 0 Å². The molecule has 0 spiro atoms. The van der Waals surface area contributed by atoms with Gasteiger partial charge in [-0.3, -0.25) is 0 Å². The minimum Gasteiger partial charge on any atom is -0.491 e. The fourth-order valence-electron chi connectivity index (χ4n) is 1.25. The minimum absolute atomic E-state index is 0.284. The molecule has 0 aromatic heterocycles. The first-order chi connectivity index (χ1) is 8.54. The number of rotatable bonds is 8. The highest BCUT2D eigenvalue weighted by Gasteiger charge is 2.06. The molecule has 1 aromatic carbocycles. The van der Waals surface area contributed by atoms with Crippen molar-refractivity contribution in [1.82, 2.24) is 0 Å². The van der Waals surface area contributed by atoms with Crippen LogP contribution in [0.25, 0.3) is 0 Å². The molecule has 0 unspecified atom stereocenters. The molecule has 18 heavy (non-hydrogen) atoms. The van der Waals surface area contributed by atoms with Gasteiger partial charge in [-0.2, -0.15) is 0 Å². The van der Waals surface area contributed by atoms with E-state index in [1.807, 2.05) is 0 Å². The maximum atomic E-state index is 11.2. The van der Waals surface area contributed by atoms with Gasteiger partial charge in [-0.05, 0) is 24.3 Å². The Morgan fingerprint density at radius 2 is 1.61 bits per heavy atom. The monoisotopic (exact) mass is 274 g/mol. The van der Waals surface area contributed by atoms with Crippen LogP contribution < -0.4 is 4.74 Å². The Bertz CT molecular complexity index is 438. The lowest BCUT2D eigenvalue weighted by molar-refractivity contribution is 0.0544. The quantitative estimate of drug-likeness (QED) is 0.665. The lowest BCUT2D eigenvalue weighted by atomic mass is 10.3. The van der Waals surface area contributed by atoms with Crippen molar-refractivity contribution >= 4 is 9.84 Å². The zero-order chi connectivity index (χ0) is 13.4. The van der Waals surface area contributed by atoms with Crippen LogP contribution in [0.2, 0.25) is 0 Å². The van der Waals surface area contributed by atoms with Crippen molar-refractivity contribution in [2.24, 2.45) is 0 Å². The Morgan fingerprint density at radius 1 is 1.00 bits per heavy atom. The van der Waals surface area contributed by atoms with E-state index >= 15 is 0 Å². The maximum Gasteiger partial charge on any atom is 0.175 e. The van der Waals surface area contributed by atoms with Crippen LogP contribution in [0.15, 0.2) is 29.2 Å². The summed E-state index contributed by atoms with van der Waals surface area (Å²) in [7, 11) is -1.53. The number of hydrogen-bond donors (Lipinski definition) is 0. The normalized spacial score (nSPS) is 11.4. The Kier molecular flexibility index (Phi) is 6.11. The minimum atomic E-state index is -3.15. The summed E-state index contributed by atoms with van der Waals surface area (Å²) in [4.78, 5) is 0.284. The second-order valence-corrected chi connectivity index (χ2v) is 5.71. The molecule has 1 rings (SSSR count). The third-order valence-electron chi connectivity index (χ3n) is 2.18. The van der Waals surface area contributed by atoms with E-state index in [-0.39, 0.29) is 4.90 Å². The van der Waals surface area contributed by atoms with Crippen LogP contribution in [-0.4, -0.2) is 48.2 Å². The Morgan fingerprint density at radius 3 is 2.17 bits per heavy atom. The predicted molar refractivity (Wildman–Crippen MR) is 67.7 cm³/mol. The molecule has 0 saturated heterocycles. The molecule has 0 atom stereocenters. The van der Waals surface area contributed by atoms with Gasteiger partial charge in [-0.15, -0.1) is 0 Å². The van der Waals surface area contributed by atoms with Crippen LogP contribution in [0.3, 0.4) is 0 Å². The van der Waals surface area contributed by atoms with E-state index in [4.69, 9.17) is 14.2 Å². The Balaban J connectivity index is 2.32. The lowest BCUT2D eigenvalue weighted by Gasteiger charge is -2.07. The summed E-state index contributed by atoms with van der Waals surface area (Å²) < 4.78 is 37.9. The summed E-state index contributed by atoms with van der Waals surface area (Å²) >= 11 is 0. The van der Waals surface area contributed by atoms with Gasteiger partial charge >= 0.3 is 0 Å². The van der Waals surface area contributed by atoms with E-state index in [0.717, 1.165) is 0 Å². The highest BCUT2D eigenvalue weighted by Crippen LogP contribution is 2.15. The second kappa shape index (κ2) is 7.35. The Hall–Kier alpha value is -1.11. The Labute approximate surface area is 108 Å². The van der Waals surface area contributed by atoms with Gasteiger partial charge in [0.05, 0.1) is 24.7 Å². The van der Waals surface area contributed by atoms with Crippen LogP contribution >= 0.6 is 0 Å². The molecule has 0 radical (unpaired) electrons. The van der Waals surface area contributed by atoms with Crippen molar-refractivity contribution in [2.75, 3.05) is 39.8 Å². The van der Waals surface area contributed by atoms with Crippen molar-refractivity contribution in [3.8, 4) is 5.75 Å². The number of sulfone groups is 1. The van der Waals surface area contributed by atoms with Gasteiger partial charge < -0.3 is 14.2 Å². The molecule has 0 aliphatic rings. The predicted octanol–water partition coefficient (Wildman–Crippen LogP) is 1.13. The molecular formula is C12H18O5S. The van der Waals surface area contributed by atoms with Crippen LogP contribution in [0.5, 0.6) is 5.75 Å². The summed E-state index contributed by atoms with van der Waals surface area (Å²) in [6.45, 7) is 1.98. The third-order valence-corrected chi connectivity index (χ3v) is 3.31. The smallest absolute Gasteiger partial charge is 0.175 e. The lowest BCUT2D eigenvalue weighted by Crippen LogP contribution is -2.10. The van der Waals surface area contributed by atoms with Gasteiger partial charge in [0.1, 0.15) is 12.4 Å². The van der Waals surface area contributed by atoms with Crippen molar-refractivity contribution in [1.29, 1.82) is 0 Å². The molecule has 0 aliphatic heterocycles. The second-order valence-electron chi connectivity index (χ2n) is 3.70. The molecule has 102 valence electrons. The molecule has 0 saturated carbocycles. The van der Waals surface area contributed by atoms with Crippen molar-refractivity contribution in [3.05, 3.63) is 24.3 Å². The molecule has 0 N–H and O–H groups in total. The average Bonchev–Trinajstić information content (AvgIpc) is 2.33. The van der Waals surface area contributed by atoms with Crippen molar-refractivity contribution < 1.29 is 22.6 Å². The summed E-state index contributed by atoms with van der Waals surface area (Å²) in [6.07, 6.45) is 1.17. The van der Waals surface area contributed by atoms with Gasteiger partial charge in [0.25, 0.3) is 0 Å². The van der Waals surface area contributed by atoms with Crippen molar-refractivity contribution in [3.63, 3.8) is 0 Å². The van der Waals surface area contributed by atoms with E-state index in [1.54, 1.807) is 19.2 Å². The summed E-state index contributed by atoms with van der Waals surface area (Å²) in [5, 5.41) is 0. The number of methoxy groups -OCH3 is 1. The van der Waals surface area contributed by atoms with Crippen molar-refractivity contribution in [2.45, 2.75) is 4.90 Å². The summed E-state index contributed by atoms with van der Waals surface area (Å²) in [5.41, 5.74) is 0. The van der Waals surface area contributed by atoms with Crippen LogP contribution in [0.1, 0.15) is 0 Å². The van der Waals surface area contributed by atoms with E-state index in [0.29, 0.717) is 32.2 Å². The van der Waals surface area contributed by atoms with E-state index in [1.165, 1.54) is 18.4 Å². The topological polar surface area (TPSA) is 61.8 Å². The molecule has 0 aliphatic carbocycles. The first-order valence-electron chi connectivity index (χ1n) is 5.53. The maximum absolute atomic E-state index is 11.2. The molecule has 1 aromatic rings. The molecule has 0 heterocycles. The van der Waals surface area contributed by atoms with E-state index < -0.39 is 9.84 Å². The molecule has 6 heteroatoms. The SMILES string of the molecule is COCCOCCOc1ccc(S(C)(=O)=O)cc1. The number of ether oxygens (including phenoxy) is 3. The van der Waals surface area contributed by atoms with Crippen LogP contribution in [0, 0.1) is 0 Å². The van der Waals surface area contributed by atoms with Gasteiger partial charge in [0.15, 0.2) is 9.84 Å². The largest absolute Gasteiger partial charge is 0.491 e. The molecule has 0 amide bonds. The average molecular weight is 274 g/mol. The number of hydrogen-bond acceptors (Lipinski definition) is 5. The fourth-order valence-corrected chi connectivity index (χ4v) is 1.88. The van der Waals surface area contributed by atoms with Gasteiger partial charge in [-0.25, -0.2) is 8.42 Å². The first-order valence-corrected chi connectivity index (χ1v) is 7.43. The molecule has 5 nitrogen and oxygen atoms in total. The summed E-state index contributed by atoms with van der Waals surface area (Å²) in [6, 6.07) is 6.31. The molecule has 0 bridgehead atoms. The first kappa shape index (κ1) is 14.9. The van der Waals surface area contributed by atoms with E-state index in [9.17, 15) is 8.42 Å². The van der Waals surface area contributed by atoms with Gasteiger partial charge in [-0.1, -0.05) is 0 Å². The van der Waals surface area contributed by atoms with Gasteiger partial charge in [0, 0.05) is 13.4 Å². The summed E-state index contributed by atoms with van der Waals surface area (Å²) in [5.74, 6) is 0.623. The molecular weight excluding hydrogens is 256 g/mol. The molecule has 0 fully saturated rings. The highest BCUT2D eigenvalue weighted by atomic mass is 32.2. The third kappa shape index (κ3) is 5.48. The zero-order valence-electron chi connectivity index (χ0n) is 10.6. The van der Waals surface area contributed by atoms with Crippen LogP contribution in [-0.2, 0) is 19.3 Å². The fraction of sp³-hybridized carbons (Fsp3) is 0.500. The van der Waals surface area contributed by atoms with Crippen LogP contribution in [0.4, 0.5) is 0 Å². The zero-order valence-corrected chi connectivity index (χ0v) is 11.4. The number of benzene rings is 1.